The van der Waals surface area contributed by atoms with E-state index in [2.05, 4.69) is 5.32 Å². The summed E-state index contributed by atoms with van der Waals surface area (Å²) in [7, 11) is -2.17. The molecule has 0 saturated heterocycles. The van der Waals surface area contributed by atoms with Gasteiger partial charge in [-0.2, -0.15) is 0 Å². The topological polar surface area (TPSA) is 107 Å². The van der Waals surface area contributed by atoms with Crippen molar-refractivity contribution in [1.29, 1.82) is 0 Å². The average Bonchev–Trinajstić information content (AvgIpc) is 2.25. The van der Waals surface area contributed by atoms with E-state index in [9.17, 15) is 8.42 Å². The Kier molecular flexibility index (Phi) is 3.47. The molecule has 1 saturated carbocycles. The smallest absolute Gasteiger partial charge is 0.238 e. The van der Waals surface area contributed by atoms with E-state index in [1.165, 1.54) is 19.2 Å². The third-order valence-electron chi connectivity index (χ3n) is 3.03. The van der Waals surface area contributed by atoms with Gasteiger partial charge in [0.15, 0.2) is 0 Å². The van der Waals surface area contributed by atoms with Crippen molar-refractivity contribution in [2.75, 3.05) is 12.4 Å². The molecule has 0 unspecified atom stereocenters. The van der Waals surface area contributed by atoms with Gasteiger partial charge in [0, 0.05) is 12.1 Å². The Bertz CT molecular complexity index is 538. The van der Waals surface area contributed by atoms with E-state index < -0.39 is 10.0 Å². The van der Waals surface area contributed by atoms with Gasteiger partial charge in [-0.25, -0.2) is 13.6 Å². The lowest BCUT2D eigenvalue weighted by atomic mass is 9.87. The minimum atomic E-state index is -3.71. The molecule has 18 heavy (non-hydrogen) atoms. The minimum absolute atomic E-state index is 0.0643. The number of nitrogens with one attached hydrogen (secondary N) is 1. The molecule has 100 valence electrons. The fourth-order valence-corrected chi connectivity index (χ4v) is 2.52. The summed E-state index contributed by atoms with van der Waals surface area (Å²) < 4.78 is 27.8. The van der Waals surface area contributed by atoms with Gasteiger partial charge in [-0.1, -0.05) is 0 Å². The Morgan fingerprint density at radius 3 is 2.56 bits per heavy atom. The van der Waals surface area contributed by atoms with Crippen molar-refractivity contribution < 1.29 is 13.2 Å². The second-order valence-corrected chi connectivity index (χ2v) is 6.04. The zero-order chi connectivity index (χ0) is 13.3. The number of nitrogens with two attached hydrogens (primary N) is 2. The molecule has 1 aliphatic rings. The average molecular weight is 271 g/mol. The molecule has 0 aliphatic heterocycles. The van der Waals surface area contributed by atoms with Gasteiger partial charge in [0.1, 0.15) is 5.75 Å². The summed E-state index contributed by atoms with van der Waals surface area (Å²) in [5.74, 6) is 0.586. The Morgan fingerprint density at radius 1 is 1.39 bits per heavy atom. The third-order valence-corrected chi connectivity index (χ3v) is 3.94. The Labute approximate surface area is 106 Å². The molecule has 0 spiro atoms. The summed E-state index contributed by atoms with van der Waals surface area (Å²) in [6.45, 7) is 0. The highest BCUT2D eigenvalue weighted by atomic mass is 32.2. The van der Waals surface area contributed by atoms with E-state index in [4.69, 9.17) is 15.6 Å². The number of sulfonamides is 1. The van der Waals surface area contributed by atoms with Crippen molar-refractivity contribution in [3.05, 3.63) is 18.2 Å². The molecule has 5 N–H and O–H groups in total. The molecule has 1 fully saturated rings. The normalized spacial score (nSPS) is 23.3. The summed E-state index contributed by atoms with van der Waals surface area (Å²) in [5.41, 5.74) is 6.33. The Balaban J connectivity index is 2.25. The second kappa shape index (κ2) is 4.75. The molecule has 1 aromatic carbocycles. The standard InChI is InChI=1S/C11H17N3O3S/c1-17-11-3-2-9(18(13,15)16)6-10(11)14-8-4-7(12)5-8/h2-3,6-8,14H,4-5,12H2,1H3,(H2,13,15,16). The largest absolute Gasteiger partial charge is 0.495 e. The molecule has 2 rings (SSSR count). The van der Waals surface area contributed by atoms with Gasteiger partial charge in [0.2, 0.25) is 10.0 Å². The summed E-state index contributed by atoms with van der Waals surface area (Å²) in [6, 6.07) is 4.96. The minimum Gasteiger partial charge on any atom is -0.495 e. The van der Waals surface area contributed by atoms with Crippen molar-refractivity contribution in [3.8, 4) is 5.75 Å². The Morgan fingerprint density at radius 2 is 2.06 bits per heavy atom. The molecule has 0 atom stereocenters. The number of ether oxygens (including phenoxy) is 1. The van der Waals surface area contributed by atoms with Gasteiger partial charge in [-0.3, -0.25) is 0 Å². The van der Waals surface area contributed by atoms with Crippen LogP contribution in [0.2, 0.25) is 0 Å². The van der Waals surface area contributed by atoms with E-state index >= 15 is 0 Å². The predicted octanol–water partition coefficient (Wildman–Crippen LogP) is 0.244. The maximum Gasteiger partial charge on any atom is 0.238 e. The van der Waals surface area contributed by atoms with Crippen molar-refractivity contribution in [2.24, 2.45) is 10.9 Å². The first-order valence-electron chi connectivity index (χ1n) is 5.63. The molecular weight excluding hydrogens is 254 g/mol. The maximum absolute atomic E-state index is 11.3. The van der Waals surface area contributed by atoms with Gasteiger partial charge in [-0.15, -0.1) is 0 Å². The van der Waals surface area contributed by atoms with Gasteiger partial charge in [0.25, 0.3) is 0 Å². The predicted molar refractivity (Wildman–Crippen MR) is 69.0 cm³/mol. The number of methoxy groups -OCH3 is 1. The SMILES string of the molecule is COc1ccc(S(N)(=O)=O)cc1NC1CC(N)C1. The van der Waals surface area contributed by atoms with E-state index in [0.29, 0.717) is 11.4 Å². The van der Waals surface area contributed by atoms with Crippen molar-refractivity contribution in [3.63, 3.8) is 0 Å². The summed E-state index contributed by atoms with van der Waals surface area (Å²) >= 11 is 0. The molecule has 1 aliphatic carbocycles. The molecular formula is C11H17N3O3S. The van der Waals surface area contributed by atoms with Crippen LogP contribution >= 0.6 is 0 Å². The van der Waals surface area contributed by atoms with E-state index in [1.807, 2.05) is 0 Å². The fraction of sp³-hybridized carbons (Fsp3) is 0.455. The lowest BCUT2D eigenvalue weighted by Crippen LogP contribution is -2.44. The zero-order valence-electron chi connectivity index (χ0n) is 10.1. The van der Waals surface area contributed by atoms with Crippen LogP contribution in [0.4, 0.5) is 5.69 Å². The lowest BCUT2D eigenvalue weighted by molar-refractivity contribution is 0.369. The quantitative estimate of drug-likeness (QED) is 0.727. The third kappa shape index (κ3) is 2.74. The van der Waals surface area contributed by atoms with Crippen LogP contribution in [0.1, 0.15) is 12.8 Å². The molecule has 0 heterocycles. The number of rotatable bonds is 4. The molecule has 0 amide bonds. The van der Waals surface area contributed by atoms with Crippen molar-refractivity contribution >= 4 is 15.7 Å². The number of primary sulfonamides is 1. The molecule has 0 aromatic heterocycles. The van der Waals surface area contributed by atoms with Crippen LogP contribution in [0, 0.1) is 0 Å². The summed E-state index contributed by atoms with van der Waals surface area (Å²) in [4.78, 5) is 0.0643. The van der Waals surface area contributed by atoms with Crippen LogP contribution in [0.3, 0.4) is 0 Å². The van der Waals surface area contributed by atoms with E-state index in [-0.39, 0.29) is 17.0 Å². The number of hydrogen-bond acceptors (Lipinski definition) is 5. The zero-order valence-corrected chi connectivity index (χ0v) is 10.9. The second-order valence-electron chi connectivity index (χ2n) is 4.48. The van der Waals surface area contributed by atoms with Crippen LogP contribution in [0.25, 0.3) is 0 Å². The molecule has 0 radical (unpaired) electrons. The van der Waals surface area contributed by atoms with Crippen LogP contribution in [0.5, 0.6) is 5.75 Å². The lowest BCUT2D eigenvalue weighted by Gasteiger charge is -2.34. The van der Waals surface area contributed by atoms with Crippen LogP contribution in [-0.2, 0) is 10.0 Å². The first-order chi connectivity index (χ1) is 8.40. The first-order valence-corrected chi connectivity index (χ1v) is 7.17. The highest BCUT2D eigenvalue weighted by Gasteiger charge is 2.26. The van der Waals surface area contributed by atoms with E-state index in [0.717, 1.165) is 12.8 Å². The van der Waals surface area contributed by atoms with Crippen molar-refractivity contribution in [1.82, 2.24) is 0 Å². The first kappa shape index (κ1) is 13.1. The van der Waals surface area contributed by atoms with Crippen LogP contribution in [-0.4, -0.2) is 27.6 Å². The maximum atomic E-state index is 11.3. The highest BCUT2D eigenvalue weighted by molar-refractivity contribution is 7.89. The number of hydrogen-bond donors (Lipinski definition) is 3. The summed E-state index contributed by atoms with van der Waals surface area (Å²) in [6.07, 6.45) is 1.73. The number of benzene rings is 1. The monoisotopic (exact) mass is 271 g/mol. The Hall–Kier alpha value is -1.31. The fourth-order valence-electron chi connectivity index (χ4n) is 1.98. The van der Waals surface area contributed by atoms with Crippen LogP contribution in [0.15, 0.2) is 23.1 Å². The molecule has 1 aromatic rings. The van der Waals surface area contributed by atoms with Gasteiger partial charge in [-0.05, 0) is 31.0 Å². The van der Waals surface area contributed by atoms with Crippen molar-refractivity contribution in [2.45, 2.75) is 29.8 Å². The highest BCUT2D eigenvalue weighted by Crippen LogP contribution is 2.31. The van der Waals surface area contributed by atoms with Gasteiger partial charge in [0.05, 0.1) is 17.7 Å². The van der Waals surface area contributed by atoms with Gasteiger partial charge >= 0.3 is 0 Å². The number of anilines is 1. The molecule has 6 nitrogen and oxygen atoms in total. The van der Waals surface area contributed by atoms with Crippen LogP contribution < -0.4 is 20.9 Å². The molecule has 0 bridgehead atoms. The van der Waals surface area contributed by atoms with Gasteiger partial charge < -0.3 is 15.8 Å². The van der Waals surface area contributed by atoms with E-state index in [1.54, 1.807) is 6.07 Å². The molecule has 7 heteroatoms. The summed E-state index contributed by atoms with van der Waals surface area (Å²) in [5, 5.41) is 8.32.